The molecule has 0 aliphatic heterocycles. The quantitative estimate of drug-likeness (QED) is 0.175. The van der Waals surface area contributed by atoms with Crippen molar-refractivity contribution < 1.29 is 18.4 Å². The molecule has 0 heterocycles. The van der Waals surface area contributed by atoms with Crippen molar-refractivity contribution in [1.82, 2.24) is 0 Å². The van der Waals surface area contributed by atoms with Crippen LogP contribution in [0, 0.1) is 23.2 Å². The maximum Gasteiger partial charge on any atom is 0.305 e. The smallest absolute Gasteiger partial charge is 0.305 e. The summed E-state index contributed by atoms with van der Waals surface area (Å²) in [6.07, 6.45) is 15.9. The Labute approximate surface area is 274 Å². The molecular formula is C38H68O4Si2. The zero-order chi connectivity index (χ0) is 33.3. The van der Waals surface area contributed by atoms with Crippen molar-refractivity contribution in [2.45, 2.75) is 168 Å². The van der Waals surface area contributed by atoms with Gasteiger partial charge < -0.3 is 13.6 Å². The molecule has 0 aromatic rings. The maximum atomic E-state index is 11.7. The second-order valence-electron chi connectivity index (χ2n) is 17.8. The molecule has 0 N–H and O–H groups in total. The summed E-state index contributed by atoms with van der Waals surface area (Å²) in [5.74, 6) is 1.92. The van der Waals surface area contributed by atoms with E-state index in [9.17, 15) is 4.79 Å². The molecule has 3 rings (SSSR count). The van der Waals surface area contributed by atoms with Gasteiger partial charge in [0, 0.05) is 12.8 Å². The lowest BCUT2D eigenvalue weighted by Crippen LogP contribution is -2.49. The number of esters is 1. The molecular weight excluding hydrogens is 577 g/mol. The van der Waals surface area contributed by atoms with Crippen LogP contribution in [0.2, 0.25) is 36.3 Å². The van der Waals surface area contributed by atoms with Gasteiger partial charge in [0.2, 0.25) is 0 Å². The Balaban J connectivity index is 1.86. The fourth-order valence-corrected chi connectivity index (χ4v) is 10.5. The van der Waals surface area contributed by atoms with Gasteiger partial charge in [0.25, 0.3) is 0 Å². The summed E-state index contributed by atoms with van der Waals surface area (Å²) in [5, 5.41) is 0.319. The van der Waals surface area contributed by atoms with Crippen molar-refractivity contribution >= 4 is 22.6 Å². The van der Waals surface area contributed by atoms with Crippen LogP contribution in [0.1, 0.15) is 120 Å². The molecule has 3 aliphatic rings. The zero-order valence-electron chi connectivity index (χ0n) is 31.0. The van der Waals surface area contributed by atoms with Crippen molar-refractivity contribution in [2.75, 3.05) is 7.11 Å². The summed E-state index contributed by atoms with van der Waals surface area (Å²) >= 11 is 0. The molecule has 0 radical (unpaired) electrons. The van der Waals surface area contributed by atoms with Crippen LogP contribution in [0.25, 0.3) is 0 Å². The number of methoxy groups -OCH3 is 1. The van der Waals surface area contributed by atoms with E-state index in [-0.39, 0.29) is 28.3 Å². The first-order valence-corrected chi connectivity index (χ1v) is 23.5. The van der Waals surface area contributed by atoms with Gasteiger partial charge in [-0.3, -0.25) is 4.79 Å². The third-order valence-electron chi connectivity index (χ3n) is 12.7. The third-order valence-corrected chi connectivity index (χ3v) is 21.7. The highest BCUT2D eigenvalue weighted by molar-refractivity contribution is 6.74. The Bertz CT molecular complexity index is 1090. The van der Waals surface area contributed by atoms with Gasteiger partial charge in [0.1, 0.15) is 0 Å². The average Bonchev–Trinajstić information content (AvgIpc) is 3.25. The number of fused-ring (bicyclic) bond motifs is 1. The number of rotatable bonds is 10. The van der Waals surface area contributed by atoms with Gasteiger partial charge in [-0.2, -0.15) is 0 Å². The SMILES string of the molecule is C=C1/C(=C\C=C2/CCC[C@]3(C)[C@@H]([C@H](C)CCCC(=O)OC)CC[C@@H]23)C[C@@H](O[Si](C)(C)C(C)(C)C)C[C@H]1O[Si](C)(C)C(C)(C)C. The maximum absolute atomic E-state index is 11.7. The highest BCUT2D eigenvalue weighted by atomic mass is 28.4. The molecule has 252 valence electrons. The van der Waals surface area contributed by atoms with E-state index in [1.54, 1.807) is 5.57 Å². The Morgan fingerprint density at radius 3 is 2.23 bits per heavy atom. The Morgan fingerprint density at radius 2 is 1.64 bits per heavy atom. The van der Waals surface area contributed by atoms with Crippen LogP contribution >= 0.6 is 0 Å². The predicted molar refractivity (Wildman–Crippen MR) is 192 cm³/mol. The molecule has 0 bridgehead atoms. The predicted octanol–water partition coefficient (Wildman–Crippen LogP) is 11.2. The number of carbonyl (C=O) groups excluding carboxylic acids is 1. The third kappa shape index (κ3) is 8.49. The highest BCUT2D eigenvalue weighted by Crippen LogP contribution is 2.60. The topological polar surface area (TPSA) is 44.8 Å². The first-order valence-electron chi connectivity index (χ1n) is 17.6. The second-order valence-corrected chi connectivity index (χ2v) is 27.3. The summed E-state index contributed by atoms with van der Waals surface area (Å²) in [4.78, 5) is 11.7. The molecule has 0 aromatic carbocycles. The van der Waals surface area contributed by atoms with Crippen molar-refractivity contribution in [3.8, 4) is 0 Å². The first kappa shape index (κ1) is 37.5. The van der Waals surface area contributed by atoms with Gasteiger partial charge in [-0.25, -0.2) is 0 Å². The number of allylic oxidation sites excluding steroid dienone is 3. The lowest BCUT2D eigenvalue weighted by Gasteiger charge is -2.46. The summed E-state index contributed by atoms with van der Waals surface area (Å²) in [6, 6.07) is 0. The zero-order valence-corrected chi connectivity index (χ0v) is 33.0. The van der Waals surface area contributed by atoms with Gasteiger partial charge in [0.05, 0.1) is 19.3 Å². The van der Waals surface area contributed by atoms with Gasteiger partial charge in [0.15, 0.2) is 16.6 Å². The molecule has 0 unspecified atom stereocenters. The molecule has 0 spiro atoms. The van der Waals surface area contributed by atoms with Crippen LogP contribution in [0.4, 0.5) is 0 Å². The van der Waals surface area contributed by atoms with Crippen LogP contribution in [0.15, 0.2) is 35.5 Å². The number of hydrogen-bond donors (Lipinski definition) is 0. The van der Waals surface area contributed by atoms with Gasteiger partial charge >= 0.3 is 5.97 Å². The minimum absolute atomic E-state index is 0.0161. The second kappa shape index (κ2) is 14.0. The Hall–Kier alpha value is -0.956. The lowest BCUT2D eigenvalue weighted by atomic mass is 9.60. The average molecular weight is 645 g/mol. The van der Waals surface area contributed by atoms with E-state index in [1.165, 1.54) is 50.4 Å². The van der Waals surface area contributed by atoms with Crippen LogP contribution < -0.4 is 0 Å². The molecule has 6 atom stereocenters. The molecule has 44 heavy (non-hydrogen) atoms. The monoisotopic (exact) mass is 644 g/mol. The van der Waals surface area contributed by atoms with Crippen LogP contribution in [0.5, 0.6) is 0 Å². The summed E-state index contributed by atoms with van der Waals surface area (Å²) in [5.41, 5.74) is 4.48. The fourth-order valence-electron chi connectivity index (χ4n) is 7.85. The van der Waals surface area contributed by atoms with E-state index in [0.717, 1.165) is 31.6 Å². The molecule has 3 fully saturated rings. The minimum Gasteiger partial charge on any atom is -0.469 e. The van der Waals surface area contributed by atoms with E-state index in [4.69, 9.17) is 13.6 Å². The van der Waals surface area contributed by atoms with Crippen LogP contribution in [-0.2, 0) is 18.4 Å². The van der Waals surface area contributed by atoms with Crippen molar-refractivity contribution in [3.63, 3.8) is 0 Å². The van der Waals surface area contributed by atoms with Crippen LogP contribution in [-0.4, -0.2) is 41.9 Å². The number of ether oxygens (including phenoxy) is 1. The summed E-state index contributed by atoms with van der Waals surface area (Å²) in [6.45, 7) is 33.1. The Kier molecular flexibility index (Phi) is 12.0. The molecule has 3 aliphatic carbocycles. The number of hydrogen-bond acceptors (Lipinski definition) is 4. The molecule has 6 heteroatoms. The molecule has 0 saturated heterocycles. The van der Waals surface area contributed by atoms with Gasteiger partial charge in [-0.05, 0) is 122 Å². The molecule has 4 nitrogen and oxygen atoms in total. The molecule has 0 amide bonds. The van der Waals surface area contributed by atoms with E-state index in [2.05, 4.69) is 100 Å². The lowest BCUT2D eigenvalue weighted by molar-refractivity contribution is -0.140. The Morgan fingerprint density at radius 1 is 1.02 bits per heavy atom. The normalized spacial score (nSPS) is 31.3. The first-order chi connectivity index (χ1) is 20.1. The van der Waals surface area contributed by atoms with E-state index >= 15 is 0 Å². The highest BCUT2D eigenvalue weighted by Gasteiger charge is 2.50. The number of carbonyl (C=O) groups is 1. The molecule has 3 saturated carbocycles. The van der Waals surface area contributed by atoms with E-state index in [1.807, 2.05) is 0 Å². The van der Waals surface area contributed by atoms with Crippen molar-refractivity contribution in [1.29, 1.82) is 0 Å². The van der Waals surface area contributed by atoms with Crippen LogP contribution in [0.3, 0.4) is 0 Å². The standard InChI is InChI=1S/C38H68O4Si2/c1-27(17-15-19-35(39)40-10)32-22-23-33-29(18-16-24-38(32,33)9)20-21-30-25-31(41-43(11,12)36(3,4)5)26-34(28(30)2)42-44(13,14)37(6,7)8/h20-21,27,31-34H,2,15-19,22-26H2,1,3-14H3/b29-20+,30-21-/t27-,31-,32-,33+,34-,38-/m1/s1. The minimum atomic E-state index is -1.98. The fraction of sp³-hybridized carbons (Fsp3) is 0.816. The largest absolute Gasteiger partial charge is 0.469 e. The molecule has 0 aromatic heterocycles. The van der Waals surface area contributed by atoms with Gasteiger partial charge in [-0.15, -0.1) is 0 Å². The van der Waals surface area contributed by atoms with Crippen molar-refractivity contribution in [3.05, 3.63) is 35.5 Å². The van der Waals surface area contributed by atoms with Gasteiger partial charge in [-0.1, -0.05) is 79.7 Å². The summed E-state index contributed by atoms with van der Waals surface area (Å²) in [7, 11) is -2.42. The van der Waals surface area contributed by atoms with E-state index in [0.29, 0.717) is 23.7 Å². The van der Waals surface area contributed by atoms with E-state index < -0.39 is 16.6 Å². The summed E-state index contributed by atoms with van der Waals surface area (Å²) < 4.78 is 19.0. The van der Waals surface area contributed by atoms with Crippen molar-refractivity contribution in [2.24, 2.45) is 23.2 Å².